The van der Waals surface area contributed by atoms with E-state index in [0.717, 1.165) is 0 Å². The van der Waals surface area contributed by atoms with E-state index in [-0.39, 0.29) is 5.78 Å². The molecular weight excluding hydrogens is 183 g/mol. The maximum Gasteiger partial charge on any atom is 0.162 e. The molecule has 0 atom stereocenters. The number of aromatic nitrogens is 2. The Morgan fingerprint density at radius 3 is 3.07 bits per heavy atom. The first-order chi connectivity index (χ1) is 6.72. The van der Waals surface area contributed by atoms with Gasteiger partial charge in [0.15, 0.2) is 5.78 Å². The quantitative estimate of drug-likeness (QED) is 0.742. The first kappa shape index (κ1) is 8.87. The van der Waals surface area contributed by atoms with Crippen LogP contribution in [0.25, 0.3) is 10.9 Å². The standard InChI is InChI=1S/C10H9FN2O/c1-2-9(14)6-3-7-5-12-13-10(7)8(11)4-6/h3-5H,2H2,1H3,(H,12,13). The fourth-order valence-corrected chi connectivity index (χ4v) is 1.38. The lowest BCUT2D eigenvalue weighted by molar-refractivity contribution is 0.0988. The highest BCUT2D eigenvalue weighted by Gasteiger charge is 2.09. The minimum Gasteiger partial charge on any atom is -0.294 e. The van der Waals surface area contributed by atoms with Crippen molar-refractivity contribution >= 4 is 16.7 Å². The number of carbonyl (C=O) groups is 1. The largest absolute Gasteiger partial charge is 0.294 e. The lowest BCUT2D eigenvalue weighted by atomic mass is 10.1. The predicted molar refractivity (Wildman–Crippen MR) is 50.7 cm³/mol. The lowest BCUT2D eigenvalue weighted by Crippen LogP contribution is -1.97. The zero-order chi connectivity index (χ0) is 10.1. The van der Waals surface area contributed by atoms with Crippen LogP contribution >= 0.6 is 0 Å². The molecule has 0 radical (unpaired) electrons. The van der Waals surface area contributed by atoms with Crippen molar-refractivity contribution in [1.29, 1.82) is 0 Å². The Morgan fingerprint density at radius 2 is 2.36 bits per heavy atom. The molecule has 0 saturated carbocycles. The molecule has 0 spiro atoms. The van der Waals surface area contributed by atoms with Crippen LogP contribution in [0.3, 0.4) is 0 Å². The topological polar surface area (TPSA) is 45.8 Å². The van der Waals surface area contributed by atoms with Gasteiger partial charge in [0.2, 0.25) is 0 Å². The van der Waals surface area contributed by atoms with Crippen molar-refractivity contribution in [3.63, 3.8) is 0 Å². The third kappa shape index (κ3) is 1.28. The summed E-state index contributed by atoms with van der Waals surface area (Å²) in [5, 5.41) is 6.87. The van der Waals surface area contributed by atoms with Crippen molar-refractivity contribution in [2.24, 2.45) is 0 Å². The van der Waals surface area contributed by atoms with Crippen molar-refractivity contribution in [2.45, 2.75) is 13.3 Å². The molecule has 0 unspecified atom stereocenters. The number of aromatic amines is 1. The molecule has 1 aromatic carbocycles. The van der Waals surface area contributed by atoms with Gasteiger partial charge in [0.25, 0.3) is 0 Å². The average molecular weight is 192 g/mol. The molecule has 0 aliphatic rings. The van der Waals surface area contributed by atoms with Crippen molar-refractivity contribution in [3.8, 4) is 0 Å². The molecule has 1 N–H and O–H groups in total. The summed E-state index contributed by atoms with van der Waals surface area (Å²) in [5.41, 5.74) is 0.747. The summed E-state index contributed by atoms with van der Waals surface area (Å²) >= 11 is 0. The third-order valence-electron chi connectivity index (χ3n) is 2.14. The van der Waals surface area contributed by atoms with Crippen molar-refractivity contribution < 1.29 is 9.18 Å². The first-order valence-corrected chi connectivity index (χ1v) is 4.38. The Kier molecular flexibility index (Phi) is 2.04. The number of hydrogen-bond donors (Lipinski definition) is 1. The number of fused-ring (bicyclic) bond motifs is 1. The fourth-order valence-electron chi connectivity index (χ4n) is 1.38. The van der Waals surface area contributed by atoms with Gasteiger partial charge < -0.3 is 0 Å². The van der Waals surface area contributed by atoms with Gasteiger partial charge in [-0.3, -0.25) is 9.89 Å². The highest BCUT2D eigenvalue weighted by Crippen LogP contribution is 2.18. The number of rotatable bonds is 2. The SMILES string of the molecule is CCC(=O)c1cc(F)c2[nH]ncc2c1. The van der Waals surface area contributed by atoms with E-state index in [2.05, 4.69) is 10.2 Å². The van der Waals surface area contributed by atoms with E-state index >= 15 is 0 Å². The molecule has 0 aliphatic carbocycles. The summed E-state index contributed by atoms with van der Waals surface area (Å²) in [6.45, 7) is 1.75. The second kappa shape index (κ2) is 3.21. The smallest absolute Gasteiger partial charge is 0.162 e. The Hall–Kier alpha value is -1.71. The van der Waals surface area contributed by atoms with Gasteiger partial charge in [-0.05, 0) is 12.1 Å². The van der Waals surface area contributed by atoms with Gasteiger partial charge in [0.1, 0.15) is 11.3 Å². The summed E-state index contributed by atoms with van der Waals surface area (Å²) in [6, 6.07) is 2.89. The number of nitrogens with one attached hydrogen (secondary N) is 1. The van der Waals surface area contributed by atoms with Crippen LogP contribution in [-0.2, 0) is 0 Å². The summed E-state index contributed by atoms with van der Waals surface area (Å²) in [4.78, 5) is 11.3. The molecule has 0 saturated heterocycles. The van der Waals surface area contributed by atoms with Crippen LogP contribution in [-0.4, -0.2) is 16.0 Å². The van der Waals surface area contributed by atoms with Crippen LogP contribution in [0.15, 0.2) is 18.3 Å². The van der Waals surface area contributed by atoms with Gasteiger partial charge >= 0.3 is 0 Å². The fraction of sp³-hybridized carbons (Fsp3) is 0.200. The maximum atomic E-state index is 13.4. The number of ketones is 1. The Morgan fingerprint density at radius 1 is 1.57 bits per heavy atom. The number of benzene rings is 1. The molecule has 3 nitrogen and oxygen atoms in total. The Balaban J connectivity index is 2.64. The van der Waals surface area contributed by atoms with Gasteiger partial charge in [0.05, 0.1) is 6.20 Å². The van der Waals surface area contributed by atoms with E-state index in [1.807, 2.05) is 0 Å². The zero-order valence-electron chi connectivity index (χ0n) is 7.67. The maximum absolute atomic E-state index is 13.4. The van der Waals surface area contributed by atoms with Gasteiger partial charge in [-0.15, -0.1) is 0 Å². The van der Waals surface area contributed by atoms with Crippen LogP contribution < -0.4 is 0 Å². The zero-order valence-corrected chi connectivity index (χ0v) is 7.67. The van der Waals surface area contributed by atoms with Crippen molar-refractivity contribution in [2.75, 3.05) is 0 Å². The average Bonchev–Trinajstić information content (AvgIpc) is 2.64. The van der Waals surface area contributed by atoms with Crippen molar-refractivity contribution in [3.05, 3.63) is 29.7 Å². The van der Waals surface area contributed by atoms with Crippen LogP contribution in [0.1, 0.15) is 23.7 Å². The number of nitrogens with zero attached hydrogens (tertiary/aromatic N) is 1. The van der Waals surface area contributed by atoms with Gasteiger partial charge in [0, 0.05) is 17.4 Å². The molecule has 2 rings (SSSR count). The summed E-state index contributed by atoms with van der Waals surface area (Å²) in [5.74, 6) is -0.496. The van der Waals surface area contributed by atoms with E-state index in [4.69, 9.17) is 0 Å². The summed E-state index contributed by atoms with van der Waals surface area (Å²) < 4.78 is 13.4. The molecule has 0 aliphatic heterocycles. The molecule has 0 amide bonds. The van der Waals surface area contributed by atoms with Crippen LogP contribution in [0.2, 0.25) is 0 Å². The van der Waals surface area contributed by atoms with Crippen LogP contribution in [0.5, 0.6) is 0 Å². The van der Waals surface area contributed by atoms with E-state index in [1.54, 1.807) is 13.0 Å². The summed E-state index contributed by atoms with van der Waals surface area (Å²) in [7, 11) is 0. The molecule has 0 fully saturated rings. The number of halogens is 1. The number of hydrogen-bond acceptors (Lipinski definition) is 2. The molecule has 0 bridgehead atoms. The summed E-state index contributed by atoms with van der Waals surface area (Å²) in [6.07, 6.45) is 1.88. The molecule has 2 aromatic rings. The highest BCUT2D eigenvalue weighted by molar-refractivity contribution is 5.99. The van der Waals surface area contributed by atoms with Gasteiger partial charge in [-0.1, -0.05) is 6.92 Å². The lowest BCUT2D eigenvalue weighted by Gasteiger charge is -1.98. The number of H-pyrrole nitrogens is 1. The van der Waals surface area contributed by atoms with E-state index in [1.165, 1.54) is 12.3 Å². The number of carbonyl (C=O) groups excluding carboxylic acids is 1. The van der Waals surface area contributed by atoms with E-state index < -0.39 is 5.82 Å². The first-order valence-electron chi connectivity index (χ1n) is 4.38. The van der Waals surface area contributed by atoms with Gasteiger partial charge in [-0.2, -0.15) is 5.10 Å². The highest BCUT2D eigenvalue weighted by atomic mass is 19.1. The molecular formula is C10H9FN2O. The van der Waals surface area contributed by atoms with E-state index in [0.29, 0.717) is 22.9 Å². The molecule has 72 valence electrons. The second-order valence-electron chi connectivity index (χ2n) is 3.07. The predicted octanol–water partition coefficient (Wildman–Crippen LogP) is 2.29. The van der Waals surface area contributed by atoms with E-state index in [9.17, 15) is 9.18 Å². The minimum absolute atomic E-state index is 0.0630. The molecule has 1 aromatic heterocycles. The normalized spacial score (nSPS) is 10.7. The third-order valence-corrected chi connectivity index (χ3v) is 2.14. The van der Waals surface area contributed by atoms with Crippen LogP contribution in [0, 0.1) is 5.82 Å². The second-order valence-corrected chi connectivity index (χ2v) is 3.07. The molecule has 1 heterocycles. The van der Waals surface area contributed by atoms with Gasteiger partial charge in [-0.25, -0.2) is 4.39 Å². The number of Topliss-reactive ketones (excluding diaryl/α,β-unsaturated/α-hetero) is 1. The van der Waals surface area contributed by atoms with Crippen molar-refractivity contribution in [1.82, 2.24) is 10.2 Å². The van der Waals surface area contributed by atoms with Crippen LogP contribution in [0.4, 0.5) is 4.39 Å². The molecule has 4 heteroatoms. The molecule has 14 heavy (non-hydrogen) atoms. The Bertz CT molecular complexity index is 490. The monoisotopic (exact) mass is 192 g/mol. The Labute approximate surface area is 79.9 Å². The minimum atomic E-state index is -0.434.